The van der Waals surface area contributed by atoms with E-state index >= 15 is 0 Å². The number of nitrogens with one attached hydrogen (secondary N) is 1. The fraction of sp³-hybridized carbons (Fsp3) is 0.125. The molecule has 3 aromatic rings. The summed E-state index contributed by atoms with van der Waals surface area (Å²) < 4.78 is 1.65. The van der Waals surface area contributed by atoms with Crippen LogP contribution in [0, 0.1) is 6.92 Å². The average Bonchev–Trinajstić information content (AvgIpc) is 2.86. The zero-order valence-electron chi connectivity index (χ0n) is 11.5. The zero-order chi connectivity index (χ0) is 14.8. The van der Waals surface area contributed by atoms with E-state index in [1.165, 1.54) is 0 Å². The number of imidazole rings is 1. The lowest BCUT2D eigenvalue weighted by Crippen LogP contribution is -2.21. The molecule has 0 atom stereocenters. The number of aryl methyl sites for hydroxylation is 1. The first-order valence-corrected chi connectivity index (χ1v) is 6.97. The molecule has 0 spiro atoms. The molecule has 1 aromatic carbocycles. The van der Waals surface area contributed by atoms with E-state index in [1.807, 2.05) is 31.2 Å². The van der Waals surface area contributed by atoms with Crippen molar-refractivity contribution >= 4 is 11.6 Å². The normalized spacial score (nSPS) is 10.8. The average molecular weight is 300 g/mol. The summed E-state index contributed by atoms with van der Waals surface area (Å²) in [5.41, 5.74) is 3.23. The van der Waals surface area contributed by atoms with Crippen molar-refractivity contribution in [2.75, 3.05) is 0 Å². The van der Waals surface area contributed by atoms with E-state index in [4.69, 9.17) is 11.6 Å². The van der Waals surface area contributed by atoms with E-state index in [1.54, 1.807) is 29.2 Å². The topological polar surface area (TPSA) is 50.7 Å². The van der Waals surface area contributed by atoms with Gasteiger partial charge in [0.1, 0.15) is 0 Å². The van der Waals surface area contributed by atoms with Crippen molar-refractivity contribution in [3.63, 3.8) is 0 Å². The van der Waals surface area contributed by atoms with Gasteiger partial charge in [0.15, 0.2) is 0 Å². The minimum atomic E-state index is -0.0535. The second-order valence-electron chi connectivity index (χ2n) is 4.84. The number of pyridine rings is 1. The molecule has 3 rings (SSSR count). The maximum Gasteiger partial charge on any atom is 0.258 e. The van der Waals surface area contributed by atoms with Crippen molar-refractivity contribution in [2.24, 2.45) is 0 Å². The Bertz CT molecular complexity index is 835. The first-order chi connectivity index (χ1) is 10.1. The molecule has 0 aliphatic rings. The highest BCUT2D eigenvalue weighted by Gasteiger charge is 2.08. The summed E-state index contributed by atoms with van der Waals surface area (Å²) in [4.78, 5) is 19.9. The summed E-state index contributed by atoms with van der Waals surface area (Å²) in [6, 6.07) is 11.0. The summed E-state index contributed by atoms with van der Waals surface area (Å²) in [5.74, 6) is 0. The van der Waals surface area contributed by atoms with Crippen molar-refractivity contribution in [3.05, 3.63) is 75.7 Å². The third-order valence-electron chi connectivity index (χ3n) is 3.41. The van der Waals surface area contributed by atoms with Crippen LogP contribution in [0.1, 0.15) is 11.4 Å². The monoisotopic (exact) mass is 299 g/mol. The van der Waals surface area contributed by atoms with Crippen molar-refractivity contribution < 1.29 is 0 Å². The molecule has 1 N–H and O–H groups in total. The number of aromatic amines is 1. The van der Waals surface area contributed by atoms with E-state index in [-0.39, 0.29) is 5.56 Å². The van der Waals surface area contributed by atoms with Crippen LogP contribution >= 0.6 is 11.6 Å². The van der Waals surface area contributed by atoms with E-state index in [9.17, 15) is 4.79 Å². The highest BCUT2D eigenvalue weighted by atomic mass is 35.5. The molecule has 0 saturated heterocycles. The molecule has 0 amide bonds. The first kappa shape index (κ1) is 13.6. The molecule has 0 bridgehead atoms. The molecule has 0 saturated carbocycles. The molecule has 0 aliphatic heterocycles. The lowest BCUT2D eigenvalue weighted by atomic mass is 10.1. The minimum absolute atomic E-state index is 0.0535. The molecule has 0 unspecified atom stereocenters. The van der Waals surface area contributed by atoms with Gasteiger partial charge in [-0.2, -0.15) is 0 Å². The molecular formula is C16H14ClN3O. The standard InChI is InChI=1S/C16H14ClN3O/c1-11-15(19-10-18-11)9-20-7-3-6-14(16(20)21)12-4-2-5-13(17)8-12/h2-8,10H,9H2,1H3,(H,18,19). The van der Waals surface area contributed by atoms with Crippen molar-refractivity contribution in [1.82, 2.24) is 14.5 Å². The number of rotatable bonds is 3. The van der Waals surface area contributed by atoms with Crippen LogP contribution in [0.15, 0.2) is 53.7 Å². The fourth-order valence-electron chi connectivity index (χ4n) is 2.24. The number of hydrogen-bond donors (Lipinski definition) is 1. The molecule has 4 nitrogen and oxygen atoms in total. The van der Waals surface area contributed by atoms with Gasteiger partial charge in [-0.3, -0.25) is 4.79 Å². The maximum absolute atomic E-state index is 12.6. The van der Waals surface area contributed by atoms with Crippen molar-refractivity contribution in [1.29, 1.82) is 0 Å². The minimum Gasteiger partial charge on any atom is -0.348 e. The Labute approximate surface area is 127 Å². The van der Waals surface area contributed by atoms with Gasteiger partial charge in [-0.1, -0.05) is 23.7 Å². The van der Waals surface area contributed by atoms with Gasteiger partial charge in [0.25, 0.3) is 5.56 Å². The molecular weight excluding hydrogens is 286 g/mol. The van der Waals surface area contributed by atoms with Crippen molar-refractivity contribution in [2.45, 2.75) is 13.5 Å². The molecule has 0 fully saturated rings. The molecule has 2 heterocycles. The van der Waals surface area contributed by atoms with Gasteiger partial charge in [-0.25, -0.2) is 4.98 Å². The van der Waals surface area contributed by atoms with Gasteiger partial charge in [-0.15, -0.1) is 0 Å². The number of nitrogens with zero attached hydrogens (tertiary/aromatic N) is 2. The third kappa shape index (κ3) is 2.76. The summed E-state index contributed by atoms with van der Waals surface area (Å²) in [6.07, 6.45) is 3.40. The zero-order valence-corrected chi connectivity index (χ0v) is 12.3. The van der Waals surface area contributed by atoms with Crippen LogP contribution in [0.2, 0.25) is 5.02 Å². The van der Waals surface area contributed by atoms with E-state index in [0.717, 1.165) is 17.0 Å². The van der Waals surface area contributed by atoms with Crippen LogP contribution in [0.5, 0.6) is 0 Å². The smallest absolute Gasteiger partial charge is 0.258 e. The van der Waals surface area contributed by atoms with Gasteiger partial charge < -0.3 is 9.55 Å². The molecule has 106 valence electrons. The molecule has 2 aromatic heterocycles. The van der Waals surface area contributed by atoms with Gasteiger partial charge >= 0.3 is 0 Å². The Kier molecular flexibility index (Phi) is 3.62. The first-order valence-electron chi connectivity index (χ1n) is 6.59. The second-order valence-corrected chi connectivity index (χ2v) is 5.28. The quantitative estimate of drug-likeness (QED) is 0.807. The van der Waals surface area contributed by atoms with Crippen LogP contribution in [-0.2, 0) is 6.54 Å². The van der Waals surface area contributed by atoms with E-state index < -0.39 is 0 Å². The SMILES string of the molecule is Cc1[nH]cnc1Cn1cccc(-c2cccc(Cl)c2)c1=O. The van der Waals surface area contributed by atoms with Crippen LogP contribution in [0.4, 0.5) is 0 Å². The molecule has 0 radical (unpaired) electrons. The van der Waals surface area contributed by atoms with Gasteiger partial charge in [0.2, 0.25) is 0 Å². The van der Waals surface area contributed by atoms with Gasteiger partial charge in [0, 0.05) is 22.5 Å². The molecule has 5 heteroatoms. The maximum atomic E-state index is 12.6. The van der Waals surface area contributed by atoms with Gasteiger partial charge in [-0.05, 0) is 36.8 Å². The lowest BCUT2D eigenvalue weighted by molar-refractivity contribution is 0.741. The lowest BCUT2D eigenvalue weighted by Gasteiger charge is -2.08. The van der Waals surface area contributed by atoms with Crippen LogP contribution in [0.25, 0.3) is 11.1 Å². The molecule has 0 aliphatic carbocycles. The Morgan fingerprint density at radius 2 is 2.14 bits per heavy atom. The van der Waals surface area contributed by atoms with Crippen LogP contribution < -0.4 is 5.56 Å². The number of hydrogen-bond acceptors (Lipinski definition) is 2. The Hall–Kier alpha value is -2.33. The van der Waals surface area contributed by atoms with Crippen molar-refractivity contribution in [3.8, 4) is 11.1 Å². The second kappa shape index (κ2) is 5.58. The van der Waals surface area contributed by atoms with E-state index in [2.05, 4.69) is 9.97 Å². The van der Waals surface area contributed by atoms with Crippen LogP contribution in [0.3, 0.4) is 0 Å². The molecule has 21 heavy (non-hydrogen) atoms. The number of H-pyrrole nitrogens is 1. The predicted molar refractivity (Wildman–Crippen MR) is 83.6 cm³/mol. The van der Waals surface area contributed by atoms with E-state index in [0.29, 0.717) is 17.1 Å². The largest absolute Gasteiger partial charge is 0.348 e. The Balaban J connectivity index is 2.03. The highest BCUT2D eigenvalue weighted by molar-refractivity contribution is 6.30. The summed E-state index contributed by atoms with van der Waals surface area (Å²) >= 11 is 6.00. The number of halogens is 1. The predicted octanol–water partition coefficient (Wildman–Crippen LogP) is 3.25. The third-order valence-corrected chi connectivity index (χ3v) is 3.65. The summed E-state index contributed by atoms with van der Waals surface area (Å²) in [5, 5.41) is 0.616. The number of aromatic nitrogens is 3. The Morgan fingerprint density at radius 1 is 1.29 bits per heavy atom. The highest BCUT2D eigenvalue weighted by Crippen LogP contribution is 2.19. The van der Waals surface area contributed by atoms with Crippen LogP contribution in [-0.4, -0.2) is 14.5 Å². The summed E-state index contributed by atoms with van der Waals surface area (Å²) in [7, 11) is 0. The van der Waals surface area contributed by atoms with Gasteiger partial charge in [0.05, 0.1) is 18.6 Å². The fourth-order valence-corrected chi connectivity index (χ4v) is 2.44. The Morgan fingerprint density at radius 3 is 2.86 bits per heavy atom. The summed E-state index contributed by atoms with van der Waals surface area (Å²) in [6.45, 7) is 2.39. The number of benzene rings is 1.